The Morgan fingerprint density at radius 3 is 2.52 bits per heavy atom. The summed E-state index contributed by atoms with van der Waals surface area (Å²) in [4.78, 5) is 26.8. The summed E-state index contributed by atoms with van der Waals surface area (Å²) in [6.07, 6.45) is 3.25. The Hall–Kier alpha value is -5.46. The Morgan fingerprint density at radius 2 is 1.80 bits per heavy atom. The van der Waals surface area contributed by atoms with E-state index < -0.39 is 5.91 Å². The number of fused-ring (bicyclic) bond motifs is 1. The van der Waals surface area contributed by atoms with E-state index >= 15 is 0 Å². The third-order valence-corrected chi connectivity index (χ3v) is 7.32. The number of nitrogens with zero attached hydrogens (tertiary/aromatic N) is 3. The normalized spacial score (nSPS) is 12.3. The zero-order chi connectivity index (χ0) is 27.5. The lowest BCUT2D eigenvalue weighted by Crippen LogP contribution is -2.33. The molecule has 0 aliphatic carbocycles. The summed E-state index contributed by atoms with van der Waals surface area (Å²) in [5, 5.41) is 17.7. The number of benzene rings is 3. The van der Waals surface area contributed by atoms with Crippen LogP contribution in [0.5, 0.6) is 0 Å². The molecule has 0 atom stereocenters. The van der Waals surface area contributed by atoms with E-state index in [-0.39, 0.29) is 22.3 Å². The number of hydrogen-bond acceptors (Lipinski definition) is 7. The highest BCUT2D eigenvalue weighted by Crippen LogP contribution is 2.29. The molecule has 0 saturated carbocycles. The molecular weight excluding hydrogens is 524 g/mol. The van der Waals surface area contributed by atoms with Crippen molar-refractivity contribution in [1.82, 2.24) is 15.0 Å². The van der Waals surface area contributed by atoms with E-state index in [1.54, 1.807) is 42.5 Å². The standard InChI is InChI=1S/C31H20N4O4S/c32-18-25(29(36)33-19-23-12-7-15-38-23)31-35(22-10-5-2-6-11-22)30(37)27(40-31)17-20-13-14-26-24(16-20)28(39-34-26)21-8-3-1-4-9-21/h1-17H,19H2,(H,33,36). The highest BCUT2D eigenvalue weighted by Gasteiger charge is 2.17. The van der Waals surface area contributed by atoms with Crippen LogP contribution in [-0.2, 0) is 11.3 Å². The number of carbonyl (C=O) groups excluding carboxylic acids is 1. The first-order chi connectivity index (χ1) is 19.6. The molecule has 40 heavy (non-hydrogen) atoms. The Morgan fingerprint density at radius 1 is 1.02 bits per heavy atom. The van der Waals surface area contributed by atoms with Gasteiger partial charge in [0, 0.05) is 5.56 Å². The molecule has 8 nitrogen and oxygen atoms in total. The van der Waals surface area contributed by atoms with Gasteiger partial charge in [-0.2, -0.15) is 5.26 Å². The molecule has 0 fully saturated rings. The molecule has 0 aliphatic heterocycles. The van der Waals surface area contributed by atoms with Crippen molar-refractivity contribution >= 4 is 39.8 Å². The first kappa shape index (κ1) is 24.9. The number of aromatic nitrogens is 2. The van der Waals surface area contributed by atoms with Crippen LogP contribution in [0.4, 0.5) is 0 Å². The molecule has 0 aliphatic rings. The highest BCUT2D eigenvalue weighted by atomic mass is 32.1. The molecule has 1 N–H and O–H groups in total. The smallest absolute Gasteiger partial charge is 0.273 e. The number of carbonyl (C=O) groups is 1. The van der Waals surface area contributed by atoms with Gasteiger partial charge < -0.3 is 14.3 Å². The summed E-state index contributed by atoms with van der Waals surface area (Å²) in [5.41, 5.74) is 2.37. The summed E-state index contributed by atoms with van der Waals surface area (Å²) in [6, 6.07) is 29.6. The predicted octanol–water partition coefficient (Wildman–Crippen LogP) is 4.12. The van der Waals surface area contributed by atoms with Crippen LogP contribution in [-0.4, -0.2) is 15.6 Å². The van der Waals surface area contributed by atoms with Crippen LogP contribution in [0.3, 0.4) is 0 Å². The van der Waals surface area contributed by atoms with Crippen molar-refractivity contribution in [2.75, 3.05) is 0 Å². The molecule has 6 rings (SSSR count). The van der Waals surface area contributed by atoms with Crippen LogP contribution in [0, 0.1) is 11.3 Å². The van der Waals surface area contributed by atoms with E-state index in [1.165, 1.54) is 10.8 Å². The van der Waals surface area contributed by atoms with Crippen LogP contribution in [0.15, 0.2) is 111 Å². The van der Waals surface area contributed by atoms with Gasteiger partial charge in [0.05, 0.1) is 28.4 Å². The summed E-state index contributed by atoms with van der Waals surface area (Å²) < 4.78 is 12.9. The third kappa shape index (κ3) is 4.75. The first-order valence-electron chi connectivity index (χ1n) is 12.3. The minimum Gasteiger partial charge on any atom is -0.467 e. The molecule has 194 valence electrons. The van der Waals surface area contributed by atoms with Crippen molar-refractivity contribution < 1.29 is 13.7 Å². The number of nitrogens with one attached hydrogen (secondary N) is 1. The number of thiazole rings is 1. The Bertz CT molecular complexity index is 2050. The minimum absolute atomic E-state index is 0.111. The summed E-state index contributed by atoms with van der Waals surface area (Å²) in [6.45, 7) is 0.111. The second kappa shape index (κ2) is 10.7. The summed E-state index contributed by atoms with van der Waals surface area (Å²) in [7, 11) is 0. The van der Waals surface area contributed by atoms with Gasteiger partial charge in [0.25, 0.3) is 11.5 Å². The van der Waals surface area contributed by atoms with E-state index in [9.17, 15) is 14.9 Å². The molecule has 1 amide bonds. The monoisotopic (exact) mass is 544 g/mol. The zero-order valence-corrected chi connectivity index (χ0v) is 21.7. The van der Waals surface area contributed by atoms with Crippen molar-refractivity contribution in [3.05, 3.63) is 128 Å². The van der Waals surface area contributed by atoms with E-state index in [0.717, 1.165) is 27.8 Å². The van der Waals surface area contributed by atoms with Crippen molar-refractivity contribution in [3.8, 4) is 23.1 Å². The topological polar surface area (TPSA) is 114 Å². The first-order valence-corrected chi connectivity index (χ1v) is 13.1. The van der Waals surface area contributed by atoms with Gasteiger partial charge in [-0.25, -0.2) is 0 Å². The quantitative estimate of drug-likeness (QED) is 0.338. The van der Waals surface area contributed by atoms with Gasteiger partial charge in [-0.1, -0.05) is 59.8 Å². The second-order valence-electron chi connectivity index (χ2n) is 8.80. The van der Waals surface area contributed by atoms with Gasteiger partial charge in [0.15, 0.2) is 11.3 Å². The largest absolute Gasteiger partial charge is 0.467 e. The SMILES string of the molecule is N#CC(C(=O)NCc1ccco1)=c1sc(=Cc2ccc3noc(-c4ccccc4)c3c2)c(=O)n1-c1ccccc1. The Kier molecular flexibility index (Phi) is 6.66. The molecule has 0 saturated heterocycles. The fourth-order valence-electron chi connectivity index (χ4n) is 4.32. The molecule has 3 aromatic heterocycles. The molecule has 0 spiro atoms. The van der Waals surface area contributed by atoms with Crippen molar-refractivity contribution in [2.24, 2.45) is 0 Å². The Balaban J connectivity index is 1.50. The second-order valence-corrected chi connectivity index (χ2v) is 9.83. The lowest BCUT2D eigenvalue weighted by molar-refractivity contribution is -0.115. The summed E-state index contributed by atoms with van der Waals surface area (Å²) >= 11 is 1.08. The maximum Gasteiger partial charge on any atom is 0.273 e. The van der Waals surface area contributed by atoms with Crippen LogP contribution >= 0.6 is 11.3 Å². The minimum atomic E-state index is -0.602. The van der Waals surface area contributed by atoms with E-state index in [4.69, 9.17) is 8.94 Å². The van der Waals surface area contributed by atoms with Gasteiger partial charge in [-0.05, 0) is 48.0 Å². The van der Waals surface area contributed by atoms with Crippen molar-refractivity contribution in [1.29, 1.82) is 5.26 Å². The average molecular weight is 545 g/mol. The molecular formula is C31H20N4O4S. The molecule has 3 aromatic carbocycles. The van der Waals surface area contributed by atoms with Gasteiger partial charge in [0.1, 0.15) is 22.0 Å². The van der Waals surface area contributed by atoms with Crippen LogP contribution in [0.1, 0.15) is 11.3 Å². The molecule has 6 aromatic rings. The highest BCUT2D eigenvalue weighted by molar-refractivity contribution is 7.07. The van der Waals surface area contributed by atoms with Crippen molar-refractivity contribution in [2.45, 2.75) is 6.54 Å². The number of furan rings is 1. The maximum absolute atomic E-state index is 13.7. The average Bonchev–Trinajstić information content (AvgIpc) is 3.73. The fourth-order valence-corrected chi connectivity index (χ4v) is 5.43. The molecule has 3 heterocycles. The van der Waals surface area contributed by atoms with Gasteiger partial charge in [0.2, 0.25) is 0 Å². The molecule has 0 bridgehead atoms. The number of amides is 1. The lowest BCUT2D eigenvalue weighted by atomic mass is 10.1. The lowest BCUT2D eigenvalue weighted by Gasteiger charge is -2.04. The van der Waals surface area contributed by atoms with Gasteiger partial charge >= 0.3 is 0 Å². The molecule has 0 unspecified atom stereocenters. The number of hydrogen-bond donors (Lipinski definition) is 1. The Labute approximate surface area is 231 Å². The maximum atomic E-state index is 13.7. The zero-order valence-electron chi connectivity index (χ0n) is 20.9. The van der Waals surface area contributed by atoms with E-state index in [1.807, 2.05) is 60.7 Å². The van der Waals surface area contributed by atoms with Crippen LogP contribution in [0.25, 0.3) is 39.6 Å². The summed E-state index contributed by atoms with van der Waals surface area (Å²) in [5.74, 6) is 0.577. The van der Waals surface area contributed by atoms with E-state index in [2.05, 4.69) is 10.5 Å². The number of rotatable bonds is 6. The van der Waals surface area contributed by atoms with E-state index in [0.29, 0.717) is 27.3 Å². The van der Waals surface area contributed by atoms with Gasteiger partial charge in [-0.15, -0.1) is 11.3 Å². The fraction of sp³-hybridized carbons (Fsp3) is 0.0323. The van der Waals surface area contributed by atoms with Crippen LogP contribution in [0.2, 0.25) is 0 Å². The van der Waals surface area contributed by atoms with Crippen LogP contribution < -0.4 is 20.1 Å². The third-order valence-electron chi connectivity index (χ3n) is 6.23. The predicted molar refractivity (Wildman–Crippen MR) is 152 cm³/mol. The number of nitriles is 1. The molecule has 0 radical (unpaired) electrons. The molecule has 9 heteroatoms. The van der Waals surface area contributed by atoms with Gasteiger partial charge in [-0.3, -0.25) is 14.2 Å². The van der Waals surface area contributed by atoms with Crippen molar-refractivity contribution in [3.63, 3.8) is 0 Å². The number of para-hydroxylation sites is 1.